The summed E-state index contributed by atoms with van der Waals surface area (Å²) in [5.74, 6) is -3.52. The second kappa shape index (κ2) is 8.69. The van der Waals surface area contributed by atoms with Crippen molar-refractivity contribution < 1.29 is 27.5 Å². The lowest BCUT2D eigenvalue weighted by molar-refractivity contribution is -0.198. The molecule has 6 nitrogen and oxygen atoms in total. The summed E-state index contributed by atoms with van der Waals surface area (Å²) in [5, 5.41) is 0. The van der Waals surface area contributed by atoms with Crippen LogP contribution >= 0.6 is 0 Å². The van der Waals surface area contributed by atoms with Gasteiger partial charge in [-0.1, -0.05) is 19.3 Å². The van der Waals surface area contributed by atoms with Gasteiger partial charge in [-0.05, 0) is 49.3 Å². The number of carbonyl (C=O) groups is 2. The SMILES string of the molecule is NC(=O)C(c1ccncc1)(C1CCCCC1)N(CC1CCCO1)C(=O)C(F)(F)F. The van der Waals surface area contributed by atoms with Crippen LogP contribution in [-0.2, 0) is 19.9 Å². The van der Waals surface area contributed by atoms with Crippen LogP contribution in [0, 0.1) is 5.92 Å². The van der Waals surface area contributed by atoms with E-state index in [9.17, 15) is 22.8 Å². The fourth-order valence-corrected chi connectivity index (χ4v) is 4.75. The van der Waals surface area contributed by atoms with Crippen LogP contribution in [0.1, 0.15) is 50.5 Å². The van der Waals surface area contributed by atoms with E-state index in [1.165, 1.54) is 24.5 Å². The Kier molecular flexibility index (Phi) is 6.45. The van der Waals surface area contributed by atoms with E-state index in [4.69, 9.17) is 10.5 Å². The lowest BCUT2D eigenvalue weighted by atomic mass is 9.69. The van der Waals surface area contributed by atoms with Crippen molar-refractivity contribution in [2.45, 2.75) is 62.8 Å². The Morgan fingerprint density at radius 3 is 2.28 bits per heavy atom. The maximum Gasteiger partial charge on any atom is 0.471 e. The van der Waals surface area contributed by atoms with Crippen molar-refractivity contribution in [3.05, 3.63) is 30.1 Å². The van der Waals surface area contributed by atoms with Gasteiger partial charge in [0.1, 0.15) is 5.54 Å². The number of aromatic nitrogens is 1. The minimum absolute atomic E-state index is 0.266. The fraction of sp³-hybridized carbons (Fsp3) is 0.650. The summed E-state index contributed by atoms with van der Waals surface area (Å²) < 4.78 is 46.5. The van der Waals surface area contributed by atoms with E-state index >= 15 is 0 Å². The maximum absolute atomic E-state index is 13.7. The van der Waals surface area contributed by atoms with Gasteiger partial charge in [0, 0.05) is 25.5 Å². The standard InChI is InChI=1S/C20H26F3N3O3/c21-20(22,23)18(28)26(13-16-7-4-12-29-16)19(17(24)27,14-5-2-1-3-6-14)15-8-10-25-11-9-15/h8-11,14,16H,1-7,12-13H2,(H2,24,27). The first-order valence-electron chi connectivity index (χ1n) is 9.98. The molecular formula is C20H26F3N3O3. The molecule has 2 fully saturated rings. The number of rotatable bonds is 6. The second-order valence-electron chi connectivity index (χ2n) is 7.75. The Balaban J connectivity index is 2.17. The number of hydrogen-bond acceptors (Lipinski definition) is 4. The largest absolute Gasteiger partial charge is 0.471 e. The van der Waals surface area contributed by atoms with Gasteiger partial charge in [-0.2, -0.15) is 13.2 Å². The van der Waals surface area contributed by atoms with E-state index < -0.39 is 35.6 Å². The van der Waals surface area contributed by atoms with E-state index in [0.717, 1.165) is 19.3 Å². The molecule has 1 aliphatic heterocycles. The van der Waals surface area contributed by atoms with Gasteiger partial charge in [-0.25, -0.2) is 0 Å². The molecule has 1 aromatic rings. The topological polar surface area (TPSA) is 85.5 Å². The van der Waals surface area contributed by atoms with Gasteiger partial charge in [-0.3, -0.25) is 14.6 Å². The van der Waals surface area contributed by atoms with Gasteiger partial charge in [0.25, 0.3) is 0 Å². The van der Waals surface area contributed by atoms with Gasteiger partial charge < -0.3 is 15.4 Å². The van der Waals surface area contributed by atoms with Crippen LogP contribution in [0.3, 0.4) is 0 Å². The third kappa shape index (κ3) is 4.24. The second-order valence-corrected chi connectivity index (χ2v) is 7.75. The molecule has 2 atom stereocenters. The van der Waals surface area contributed by atoms with E-state index in [-0.39, 0.29) is 12.1 Å². The molecule has 29 heavy (non-hydrogen) atoms. The number of nitrogens with two attached hydrogens (primary N) is 1. The first-order chi connectivity index (χ1) is 13.8. The zero-order valence-corrected chi connectivity index (χ0v) is 16.2. The molecule has 160 valence electrons. The third-order valence-electron chi connectivity index (χ3n) is 6.02. The summed E-state index contributed by atoms with van der Waals surface area (Å²) in [5.41, 5.74) is 4.19. The number of hydrogen-bond donors (Lipinski definition) is 1. The monoisotopic (exact) mass is 413 g/mol. The average Bonchev–Trinajstić information content (AvgIpc) is 3.21. The molecule has 1 aromatic heterocycles. The fourth-order valence-electron chi connectivity index (χ4n) is 4.75. The number of pyridine rings is 1. The third-order valence-corrected chi connectivity index (χ3v) is 6.02. The van der Waals surface area contributed by atoms with Crippen molar-refractivity contribution in [3.63, 3.8) is 0 Å². The minimum Gasteiger partial charge on any atom is -0.376 e. The molecule has 1 saturated heterocycles. The van der Waals surface area contributed by atoms with Crippen molar-refractivity contribution in [1.29, 1.82) is 0 Å². The molecule has 1 aliphatic carbocycles. The molecule has 3 rings (SSSR count). The van der Waals surface area contributed by atoms with Crippen molar-refractivity contribution in [2.75, 3.05) is 13.2 Å². The van der Waals surface area contributed by atoms with Crippen LogP contribution in [0.5, 0.6) is 0 Å². The molecule has 2 amide bonds. The molecule has 2 N–H and O–H groups in total. The summed E-state index contributed by atoms with van der Waals surface area (Å²) in [6.45, 7) is 0.0844. The number of alkyl halides is 3. The molecule has 0 radical (unpaired) electrons. The molecule has 1 saturated carbocycles. The van der Waals surface area contributed by atoms with Crippen molar-refractivity contribution in [2.24, 2.45) is 11.7 Å². The number of primary amides is 1. The molecule has 0 bridgehead atoms. The Morgan fingerprint density at radius 1 is 1.10 bits per heavy atom. The number of ether oxygens (including phenoxy) is 1. The zero-order chi connectivity index (χ0) is 21.1. The van der Waals surface area contributed by atoms with Crippen LogP contribution < -0.4 is 5.73 Å². The Morgan fingerprint density at radius 2 is 1.76 bits per heavy atom. The summed E-state index contributed by atoms with van der Waals surface area (Å²) in [6, 6.07) is 2.96. The first kappa shape index (κ1) is 21.5. The summed E-state index contributed by atoms with van der Waals surface area (Å²) in [6.07, 6.45) is 1.80. The smallest absolute Gasteiger partial charge is 0.376 e. The molecule has 0 spiro atoms. The Hall–Kier alpha value is -2.16. The highest BCUT2D eigenvalue weighted by atomic mass is 19.4. The lowest BCUT2D eigenvalue weighted by Gasteiger charge is -2.48. The number of amides is 2. The highest BCUT2D eigenvalue weighted by molar-refractivity contribution is 5.93. The van der Waals surface area contributed by atoms with Crippen LogP contribution in [0.15, 0.2) is 24.5 Å². The van der Waals surface area contributed by atoms with E-state index in [1.54, 1.807) is 0 Å². The van der Waals surface area contributed by atoms with Gasteiger partial charge in [0.05, 0.1) is 6.10 Å². The molecule has 9 heteroatoms. The number of carbonyl (C=O) groups excluding carboxylic acids is 2. The van der Waals surface area contributed by atoms with E-state index in [1.807, 2.05) is 0 Å². The van der Waals surface area contributed by atoms with E-state index in [0.29, 0.717) is 37.2 Å². The number of halogens is 3. The Bertz CT molecular complexity index is 717. The van der Waals surface area contributed by atoms with Gasteiger partial charge in [0.15, 0.2) is 0 Å². The van der Waals surface area contributed by atoms with Crippen molar-refractivity contribution >= 4 is 11.8 Å². The highest BCUT2D eigenvalue weighted by Crippen LogP contribution is 2.45. The first-order valence-corrected chi connectivity index (χ1v) is 9.98. The molecule has 2 heterocycles. The van der Waals surface area contributed by atoms with Crippen molar-refractivity contribution in [3.8, 4) is 0 Å². The normalized spacial score (nSPS) is 22.8. The lowest BCUT2D eigenvalue weighted by Crippen LogP contribution is -2.65. The van der Waals surface area contributed by atoms with Crippen molar-refractivity contribution in [1.82, 2.24) is 9.88 Å². The molecule has 2 aliphatic rings. The maximum atomic E-state index is 13.7. The van der Waals surface area contributed by atoms with Gasteiger partial charge in [-0.15, -0.1) is 0 Å². The zero-order valence-electron chi connectivity index (χ0n) is 16.2. The summed E-state index contributed by atoms with van der Waals surface area (Å²) in [4.78, 5) is 30.2. The minimum atomic E-state index is -5.14. The predicted molar refractivity (Wildman–Crippen MR) is 98.4 cm³/mol. The summed E-state index contributed by atoms with van der Waals surface area (Å²) in [7, 11) is 0. The quantitative estimate of drug-likeness (QED) is 0.777. The Labute approximate surface area is 167 Å². The van der Waals surface area contributed by atoms with Crippen LogP contribution in [0.25, 0.3) is 0 Å². The van der Waals surface area contributed by atoms with Crippen LogP contribution in [0.2, 0.25) is 0 Å². The van der Waals surface area contributed by atoms with Crippen LogP contribution in [0.4, 0.5) is 13.2 Å². The average molecular weight is 413 g/mol. The summed E-state index contributed by atoms with van der Waals surface area (Å²) >= 11 is 0. The van der Waals surface area contributed by atoms with Gasteiger partial charge in [0.2, 0.25) is 5.91 Å². The van der Waals surface area contributed by atoms with Gasteiger partial charge >= 0.3 is 12.1 Å². The highest BCUT2D eigenvalue weighted by Gasteiger charge is 2.58. The molecule has 2 unspecified atom stereocenters. The van der Waals surface area contributed by atoms with E-state index in [2.05, 4.69) is 4.98 Å². The van der Waals surface area contributed by atoms with Crippen LogP contribution in [-0.4, -0.2) is 47.1 Å². The number of nitrogens with zero attached hydrogens (tertiary/aromatic N) is 2. The predicted octanol–water partition coefficient (Wildman–Crippen LogP) is 2.91. The molecule has 0 aromatic carbocycles. The molecular weight excluding hydrogens is 387 g/mol.